The number of aromatic nitrogens is 1. The minimum atomic E-state index is 0.0499. The lowest BCUT2D eigenvalue weighted by Crippen LogP contribution is -2.17. The summed E-state index contributed by atoms with van der Waals surface area (Å²) in [5.74, 6) is 0.672. The van der Waals surface area contributed by atoms with Gasteiger partial charge in [-0.1, -0.05) is 11.6 Å². The molecule has 2 N–H and O–H groups in total. The van der Waals surface area contributed by atoms with E-state index < -0.39 is 0 Å². The summed E-state index contributed by atoms with van der Waals surface area (Å²) < 4.78 is 5.61. The quantitative estimate of drug-likeness (QED) is 0.853. The van der Waals surface area contributed by atoms with Crippen molar-refractivity contribution in [1.82, 2.24) is 4.98 Å². The highest BCUT2D eigenvalue weighted by Gasteiger charge is 2.10. The Morgan fingerprint density at radius 3 is 2.93 bits per heavy atom. The molecule has 0 bridgehead atoms. The summed E-state index contributed by atoms with van der Waals surface area (Å²) in [5.41, 5.74) is 8.29. The number of nitrogens with two attached hydrogens (primary N) is 1. The third-order valence-corrected chi connectivity index (χ3v) is 2.40. The number of hydrogen-bond donors (Lipinski definition) is 1. The van der Waals surface area contributed by atoms with Crippen LogP contribution in [-0.2, 0) is 6.42 Å². The number of rotatable bonds is 2. The van der Waals surface area contributed by atoms with Crippen molar-refractivity contribution in [2.75, 3.05) is 0 Å². The molecule has 1 heterocycles. The van der Waals surface area contributed by atoms with Crippen LogP contribution in [0.4, 0.5) is 0 Å². The number of fused-ring (bicyclic) bond motifs is 1. The van der Waals surface area contributed by atoms with Crippen LogP contribution in [0.3, 0.4) is 0 Å². The van der Waals surface area contributed by atoms with E-state index >= 15 is 0 Å². The van der Waals surface area contributed by atoms with Crippen molar-refractivity contribution in [2.24, 2.45) is 5.73 Å². The lowest BCUT2D eigenvalue weighted by Gasteiger charge is -1.98. The van der Waals surface area contributed by atoms with Crippen LogP contribution in [0.15, 0.2) is 16.5 Å². The van der Waals surface area contributed by atoms with E-state index in [-0.39, 0.29) is 6.04 Å². The third kappa shape index (κ3) is 2.13. The molecule has 0 amide bonds. The van der Waals surface area contributed by atoms with E-state index in [9.17, 15) is 0 Å². The molecular formula is C11H13ClN2O. The van der Waals surface area contributed by atoms with Crippen LogP contribution in [0.5, 0.6) is 0 Å². The van der Waals surface area contributed by atoms with E-state index in [2.05, 4.69) is 4.98 Å². The third-order valence-electron chi connectivity index (χ3n) is 2.18. The van der Waals surface area contributed by atoms with Crippen LogP contribution in [0.1, 0.15) is 18.4 Å². The van der Waals surface area contributed by atoms with E-state index in [1.807, 2.05) is 19.9 Å². The average molecular weight is 225 g/mol. The predicted molar refractivity (Wildman–Crippen MR) is 61.1 cm³/mol. The molecule has 0 aliphatic carbocycles. The number of benzene rings is 1. The molecule has 1 aromatic heterocycles. The molecule has 1 unspecified atom stereocenters. The summed E-state index contributed by atoms with van der Waals surface area (Å²) in [4.78, 5) is 4.34. The van der Waals surface area contributed by atoms with Crippen molar-refractivity contribution in [2.45, 2.75) is 26.3 Å². The molecule has 2 rings (SSSR count). The van der Waals surface area contributed by atoms with Gasteiger partial charge >= 0.3 is 0 Å². The Bertz CT molecular complexity index is 491. The van der Waals surface area contributed by atoms with Crippen molar-refractivity contribution < 1.29 is 4.42 Å². The molecule has 3 nitrogen and oxygen atoms in total. The maximum atomic E-state index is 5.93. The molecule has 1 atom stereocenters. The normalized spacial score (nSPS) is 13.3. The van der Waals surface area contributed by atoms with Gasteiger partial charge in [0.05, 0.1) is 0 Å². The first-order chi connectivity index (χ1) is 7.06. The second-order valence-electron chi connectivity index (χ2n) is 3.86. The zero-order valence-corrected chi connectivity index (χ0v) is 9.51. The van der Waals surface area contributed by atoms with Crippen LogP contribution >= 0.6 is 11.6 Å². The van der Waals surface area contributed by atoms with Gasteiger partial charge in [0.25, 0.3) is 0 Å². The lowest BCUT2D eigenvalue weighted by atomic mass is 10.2. The summed E-state index contributed by atoms with van der Waals surface area (Å²) in [6.45, 7) is 3.88. The second-order valence-corrected chi connectivity index (χ2v) is 4.30. The molecule has 0 fully saturated rings. The summed E-state index contributed by atoms with van der Waals surface area (Å²) in [6, 6.07) is 3.72. The largest absolute Gasteiger partial charge is 0.440 e. The molecule has 0 saturated heterocycles. The topological polar surface area (TPSA) is 52.0 Å². The fraction of sp³-hybridized carbons (Fsp3) is 0.364. The highest BCUT2D eigenvalue weighted by atomic mass is 35.5. The van der Waals surface area contributed by atoms with Gasteiger partial charge in [-0.3, -0.25) is 0 Å². The van der Waals surface area contributed by atoms with Crippen LogP contribution in [0.25, 0.3) is 11.1 Å². The molecule has 15 heavy (non-hydrogen) atoms. The van der Waals surface area contributed by atoms with Crippen molar-refractivity contribution in [3.05, 3.63) is 28.6 Å². The first-order valence-corrected chi connectivity index (χ1v) is 5.25. The number of nitrogens with zero attached hydrogens (tertiary/aromatic N) is 1. The smallest absolute Gasteiger partial charge is 0.197 e. The van der Waals surface area contributed by atoms with E-state index in [0.29, 0.717) is 17.3 Å². The van der Waals surface area contributed by atoms with E-state index in [1.165, 1.54) is 0 Å². The van der Waals surface area contributed by atoms with E-state index in [4.69, 9.17) is 21.8 Å². The molecule has 0 aliphatic rings. The highest BCUT2D eigenvalue weighted by Crippen LogP contribution is 2.24. The fourth-order valence-corrected chi connectivity index (χ4v) is 1.83. The van der Waals surface area contributed by atoms with Crippen molar-refractivity contribution in [3.8, 4) is 0 Å². The molecule has 0 aliphatic heterocycles. The maximum absolute atomic E-state index is 5.93. The molecule has 4 heteroatoms. The van der Waals surface area contributed by atoms with Crippen molar-refractivity contribution in [1.29, 1.82) is 0 Å². The minimum Gasteiger partial charge on any atom is -0.440 e. The number of halogens is 1. The zero-order valence-electron chi connectivity index (χ0n) is 8.75. The Morgan fingerprint density at radius 1 is 1.53 bits per heavy atom. The molecule has 0 spiro atoms. The van der Waals surface area contributed by atoms with Gasteiger partial charge in [-0.15, -0.1) is 0 Å². The molecular weight excluding hydrogens is 212 g/mol. The summed E-state index contributed by atoms with van der Waals surface area (Å²) >= 11 is 5.93. The Hall–Kier alpha value is -1.06. The van der Waals surface area contributed by atoms with E-state index in [1.54, 1.807) is 6.07 Å². The Balaban J connectivity index is 2.50. The van der Waals surface area contributed by atoms with Crippen LogP contribution < -0.4 is 5.73 Å². The van der Waals surface area contributed by atoms with Gasteiger partial charge < -0.3 is 10.2 Å². The van der Waals surface area contributed by atoms with Gasteiger partial charge in [0, 0.05) is 17.5 Å². The summed E-state index contributed by atoms with van der Waals surface area (Å²) in [7, 11) is 0. The molecule has 80 valence electrons. The van der Waals surface area contributed by atoms with Crippen LogP contribution in [-0.4, -0.2) is 11.0 Å². The number of hydrogen-bond acceptors (Lipinski definition) is 3. The van der Waals surface area contributed by atoms with Gasteiger partial charge in [-0.25, -0.2) is 4.98 Å². The SMILES string of the molecule is Cc1cc(Cl)cc2nc(CC(C)N)oc12. The standard InChI is InChI=1S/C11H13ClN2O/c1-6-3-8(12)5-9-11(6)15-10(14-9)4-7(2)13/h3,5,7H,4,13H2,1-2H3. The minimum absolute atomic E-state index is 0.0499. The first kappa shape index (κ1) is 10.5. The van der Waals surface area contributed by atoms with Crippen molar-refractivity contribution in [3.63, 3.8) is 0 Å². The van der Waals surface area contributed by atoms with Gasteiger partial charge in [0.15, 0.2) is 11.5 Å². The van der Waals surface area contributed by atoms with Crippen LogP contribution in [0.2, 0.25) is 5.02 Å². The van der Waals surface area contributed by atoms with Gasteiger partial charge in [-0.2, -0.15) is 0 Å². The second kappa shape index (κ2) is 3.83. The molecule has 0 saturated carbocycles. The fourth-order valence-electron chi connectivity index (χ4n) is 1.57. The number of oxazole rings is 1. The summed E-state index contributed by atoms with van der Waals surface area (Å²) in [6.07, 6.45) is 0.645. The van der Waals surface area contributed by atoms with Gasteiger partial charge in [-0.05, 0) is 31.5 Å². The predicted octanol–water partition coefficient (Wildman–Crippen LogP) is 2.68. The van der Waals surface area contributed by atoms with Gasteiger partial charge in [0.1, 0.15) is 5.52 Å². The molecule has 2 aromatic rings. The Morgan fingerprint density at radius 2 is 2.27 bits per heavy atom. The van der Waals surface area contributed by atoms with Crippen molar-refractivity contribution >= 4 is 22.7 Å². The van der Waals surface area contributed by atoms with Gasteiger partial charge in [0.2, 0.25) is 0 Å². The first-order valence-electron chi connectivity index (χ1n) is 4.87. The zero-order chi connectivity index (χ0) is 11.0. The average Bonchev–Trinajstić information content (AvgIpc) is 2.45. The Kier molecular flexibility index (Phi) is 2.67. The highest BCUT2D eigenvalue weighted by molar-refractivity contribution is 6.31. The van der Waals surface area contributed by atoms with E-state index in [0.717, 1.165) is 16.7 Å². The molecule has 1 aromatic carbocycles. The Labute approximate surface area is 93.2 Å². The number of aryl methyl sites for hydroxylation is 1. The summed E-state index contributed by atoms with van der Waals surface area (Å²) in [5, 5.41) is 0.681. The monoisotopic (exact) mass is 224 g/mol. The molecule has 0 radical (unpaired) electrons. The van der Waals surface area contributed by atoms with Crippen LogP contribution in [0, 0.1) is 6.92 Å². The maximum Gasteiger partial charge on any atom is 0.197 e. The lowest BCUT2D eigenvalue weighted by molar-refractivity contribution is 0.505.